The molecule has 0 aliphatic carbocycles. The Hall–Kier alpha value is -1.59. The zero-order valence-electron chi connectivity index (χ0n) is 13.2. The van der Waals surface area contributed by atoms with Crippen molar-refractivity contribution >= 4 is 5.91 Å². The molecule has 1 aromatic rings. The molecule has 1 rings (SSSR count). The first-order chi connectivity index (χ1) is 10.2. The summed E-state index contributed by atoms with van der Waals surface area (Å²) in [6, 6.07) is 7.77. The van der Waals surface area contributed by atoms with Crippen LogP contribution in [0.15, 0.2) is 24.3 Å². The number of amides is 1. The minimum absolute atomic E-state index is 0.0159. The van der Waals surface area contributed by atoms with Gasteiger partial charge in [-0.15, -0.1) is 0 Å². The SMILES string of the molecule is CCN(CC)C(=O)COc1ccccc1CNCCOC. The van der Waals surface area contributed by atoms with Gasteiger partial charge in [0.25, 0.3) is 5.91 Å². The highest BCUT2D eigenvalue weighted by atomic mass is 16.5. The van der Waals surface area contributed by atoms with E-state index >= 15 is 0 Å². The van der Waals surface area contributed by atoms with Crippen LogP contribution in [0.4, 0.5) is 0 Å². The number of nitrogens with one attached hydrogen (secondary N) is 1. The van der Waals surface area contributed by atoms with Crippen LogP contribution < -0.4 is 10.1 Å². The number of methoxy groups -OCH3 is 1. The summed E-state index contributed by atoms with van der Waals surface area (Å²) >= 11 is 0. The molecule has 0 radical (unpaired) electrons. The summed E-state index contributed by atoms with van der Waals surface area (Å²) in [5.74, 6) is 0.769. The molecular weight excluding hydrogens is 268 g/mol. The van der Waals surface area contributed by atoms with E-state index in [9.17, 15) is 4.79 Å². The van der Waals surface area contributed by atoms with E-state index in [1.54, 1.807) is 12.0 Å². The predicted octanol–water partition coefficient (Wildman–Crippen LogP) is 1.67. The quantitative estimate of drug-likeness (QED) is 0.667. The lowest BCUT2D eigenvalue weighted by Gasteiger charge is -2.19. The van der Waals surface area contributed by atoms with Gasteiger partial charge in [0.05, 0.1) is 6.61 Å². The number of hydrogen-bond donors (Lipinski definition) is 1. The Balaban J connectivity index is 2.52. The van der Waals surface area contributed by atoms with E-state index in [-0.39, 0.29) is 12.5 Å². The summed E-state index contributed by atoms with van der Waals surface area (Å²) < 4.78 is 10.7. The highest BCUT2D eigenvalue weighted by Gasteiger charge is 2.11. The number of likely N-dealkylation sites (N-methyl/N-ethyl adjacent to an activating group) is 1. The van der Waals surface area contributed by atoms with Gasteiger partial charge in [0, 0.05) is 38.9 Å². The third kappa shape index (κ3) is 6.14. The van der Waals surface area contributed by atoms with Gasteiger partial charge in [-0.25, -0.2) is 0 Å². The van der Waals surface area contributed by atoms with E-state index < -0.39 is 0 Å². The maximum atomic E-state index is 12.0. The minimum Gasteiger partial charge on any atom is -0.483 e. The van der Waals surface area contributed by atoms with Crippen molar-refractivity contribution in [3.63, 3.8) is 0 Å². The maximum Gasteiger partial charge on any atom is 0.260 e. The van der Waals surface area contributed by atoms with Gasteiger partial charge in [-0.05, 0) is 19.9 Å². The van der Waals surface area contributed by atoms with Crippen LogP contribution in [-0.4, -0.2) is 50.8 Å². The zero-order chi connectivity index (χ0) is 15.5. The molecule has 0 heterocycles. The molecule has 0 aliphatic heterocycles. The Bertz CT molecular complexity index is 420. The number of benzene rings is 1. The van der Waals surface area contributed by atoms with E-state index in [2.05, 4.69) is 5.32 Å². The van der Waals surface area contributed by atoms with Crippen molar-refractivity contribution in [3.05, 3.63) is 29.8 Å². The highest BCUT2D eigenvalue weighted by Crippen LogP contribution is 2.17. The van der Waals surface area contributed by atoms with E-state index in [1.165, 1.54) is 0 Å². The molecule has 21 heavy (non-hydrogen) atoms. The van der Waals surface area contributed by atoms with Crippen LogP contribution in [0.3, 0.4) is 0 Å². The topological polar surface area (TPSA) is 50.8 Å². The van der Waals surface area contributed by atoms with Crippen LogP contribution in [0, 0.1) is 0 Å². The van der Waals surface area contributed by atoms with Crippen LogP contribution in [0.1, 0.15) is 19.4 Å². The molecule has 0 atom stereocenters. The molecule has 0 spiro atoms. The molecule has 0 aliphatic rings. The van der Waals surface area contributed by atoms with Crippen molar-refractivity contribution in [3.8, 4) is 5.75 Å². The number of para-hydroxylation sites is 1. The maximum absolute atomic E-state index is 12.0. The van der Waals surface area contributed by atoms with Crippen molar-refractivity contribution in [2.24, 2.45) is 0 Å². The molecule has 1 amide bonds. The van der Waals surface area contributed by atoms with Gasteiger partial charge in [-0.3, -0.25) is 4.79 Å². The number of ether oxygens (including phenoxy) is 2. The van der Waals surface area contributed by atoms with Crippen molar-refractivity contribution in [1.29, 1.82) is 0 Å². The summed E-state index contributed by atoms with van der Waals surface area (Å²) in [6.45, 7) is 7.57. The second kappa shape index (κ2) is 10.2. The number of hydrogen-bond acceptors (Lipinski definition) is 4. The van der Waals surface area contributed by atoms with Gasteiger partial charge in [0.2, 0.25) is 0 Å². The average Bonchev–Trinajstić information content (AvgIpc) is 2.51. The number of carbonyl (C=O) groups is 1. The minimum atomic E-state index is 0.0159. The summed E-state index contributed by atoms with van der Waals surface area (Å²) in [5, 5.41) is 3.28. The smallest absolute Gasteiger partial charge is 0.260 e. The number of nitrogens with zero attached hydrogens (tertiary/aromatic N) is 1. The molecule has 0 saturated heterocycles. The molecule has 0 aromatic heterocycles. The molecule has 1 N–H and O–H groups in total. The van der Waals surface area contributed by atoms with Crippen molar-refractivity contribution in [2.45, 2.75) is 20.4 Å². The summed E-state index contributed by atoms with van der Waals surface area (Å²) in [7, 11) is 1.68. The van der Waals surface area contributed by atoms with Crippen molar-refractivity contribution in [2.75, 3.05) is 40.0 Å². The van der Waals surface area contributed by atoms with Crippen LogP contribution in [0.5, 0.6) is 5.75 Å². The Morgan fingerprint density at radius 3 is 2.62 bits per heavy atom. The van der Waals surface area contributed by atoms with Gasteiger partial charge in [0.15, 0.2) is 6.61 Å². The Morgan fingerprint density at radius 1 is 1.24 bits per heavy atom. The Morgan fingerprint density at radius 2 is 1.95 bits per heavy atom. The van der Waals surface area contributed by atoms with Crippen LogP contribution in [-0.2, 0) is 16.1 Å². The van der Waals surface area contributed by atoms with Crippen LogP contribution in [0.2, 0.25) is 0 Å². The Labute approximate surface area is 127 Å². The standard InChI is InChI=1S/C16H26N2O3/c1-4-18(5-2)16(19)13-21-15-9-7-6-8-14(15)12-17-10-11-20-3/h6-9,17H,4-5,10-13H2,1-3H3. The summed E-state index contributed by atoms with van der Waals surface area (Å²) in [5.41, 5.74) is 1.04. The highest BCUT2D eigenvalue weighted by molar-refractivity contribution is 5.77. The molecule has 5 nitrogen and oxygen atoms in total. The second-order valence-corrected chi connectivity index (χ2v) is 4.63. The lowest BCUT2D eigenvalue weighted by atomic mass is 10.2. The van der Waals surface area contributed by atoms with Gasteiger partial charge in [-0.2, -0.15) is 0 Å². The molecule has 0 bridgehead atoms. The molecule has 5 heteroatoms. The largest absolute Gasteiger partial charge is 0.483 e. The molecular formula is C16H26N2O3. The average molecular weight is 294 g/mol. The third-order valence-corrected chi connectivity index (χ3v) is 3.24. The van der Waals surface area contributed by atoms with E-state index in [0.29, 0.717) is 26.2 Å². The van der Waals surface area contributed by atoms with Gasteiger partial charge in [0.1, 0.15) is 5.75 Å². The lowest BCUT2D eigenvalue weighted by Crippen LogP contribution is -2.34. The van der Waals surface area contributed by atoms with E-state index in [1.807, 2.05) is 38.1 Å². The van der Waals surface area contributed by atoms with E-state index in [0.717, 1.165) is 17.9 Å². The first kappa shape index (κ1) is 17.5. The second-order valence-electron chi connectivity index (χ2n) is 4.63. The van der Waals surface area contributed by atoms with Crippen LogP contribution in [0.25, 0.3) is 0 Å². The predicted molar refractivity (Wildman–Crippen MR) is 83.4 cm³/mol. The Kier molecular flexibility index (Phi) is 8.47. The van der Waals surface area contributed by atoms with Crippen molar-refractivity contribution in [1.82, 2.24) is 10.2 Å². The number of rotatable bonds is 10. The zero-order valence-corrected chi connectivity index (χ0v) is 13.2. The lowest BCUT2D eigenvalue weighted by molar-refractivity contribution is -0.132. The molecule has 0 saturated carbocycles. The first-order valence-corrected chi connectivity index (χ1v) is 7.41. The van der Waals surface area contributed by atoms with Gasteiger partial charge >= 0.3 is 0 Å². The fourth-order valence-corrected chi connectivity index (χ4v) is 2.00. The van der Waals surface area contributed by atoms with Gasteiger partial charge < -0.3 is 19.7 Å². The first-order valence-electron chi connectivity index (χ1n) is 7.41. The normalized spacial score (nSPS) is 10.4. The third-order valence-electron chi connectivity index (χ3n) is 3.24. The fraction of sp³-hybridized carbons (Fsp3) is 0.562. The molecule has 0 fully saturated rings. The molecule has 0 unspecified atom stereocenters. The molecule has 1 aromatic carbocycles. The fourth-order valence-electron chi connectivity index (χ4n) is 2.00. The van der Waals surface area contributed by atoms with E-state index in [4.69, 9.17) is 9.47 Å². The van der Waals surface area contributed by atoms with Crippen LogP contribution >= 0.6 is 0 Å². The molecule has 118 valence electrons. The monoisotopic (exact) mass is 294 g/mol. The van der Waals surface area contributed by atoms with Crippen molar-refractivity contribution < 1.29 is 14.3 Å². The number of carbonyl (C=O) groups excluding carboxylic acids is 1. The summed E-state index contributed by atoms with van der Waals surface area (Å²) in [4.78, 5) is 13.7. The van der Waals surface area contributed by atoms with Gasteiger partial charge in [-0.1, -0.05) is 18.2 Å². The summed E-state index contributed by atoms with van der Waals surface area (Å²) in [6.07, 6.45) is 0.